The highest BCUT2D eigenvalue weighted by Gasteiger charge is 2.25. The summed E-state index contributed by atoms with van der Waals surface area (Å²) in [5.74, 6) is 1.56. The molecule has 47 heavy (non-hydrogen) atoms. The van der Waals surface area contributed by atoms with Crippen molar-refractivity contribution in [2.45, 2.75) is 26.1 Å². The number of rotatable bonds is 6. The monoisotopic (exact) mass is 608 g/mol. The number of nitrogens with one attached hydrogen (secondary N) is 1. The number of aromatic nitrogens is 1. The molecule has 0 saturated heterocycles. The van der Waals surface area contributed by atoms with Crippen LogP contribution in [0, 0.1) is 0 Å². The highest BCUT2D eigenvalue weighted by Crippen LogP contribution is 2.37. The van der Waals surface area contributed by atoms with Gasteiger partial charge in [0.15, 0.2) is 0 Å². The fraction of sp³-hybridized carbons (Fsp3) is 0.0952. The SMILES string of the molecule is CCCc1ccccc1-c1ccc2c3ccccc3n(C3N=C(c4ccccc4)NC(c4ccc5oc6ccccc6c5c4)=N3)c2c1. The lowest BCUT2D eigenvalue weighted by Gasteiger charge is -2.24. The second-order valence-electron chi connectivity index (χ2n) is 12.1. The Balaban J connectivity index is 1.27. The van der Waals surface area contributed by atoms with E-state index in [1.807, 2.05) is 42.5 Å². The minimum Gasteiger partial charge on any atom is -0.456 e. The van der Waals surface area contributed by atoms with E-state index in [2.05, 4.69) is 114 Å². The third-order valence-electron chi connectivity index (χ3n) is 9.21. The molecule has 5 nitrogen and oxygen atoms in total. The Hall–Kier alpha value is -5.94. The van der Waals surface area contributed by atoms with Crippen LogP contribution in [0.5, 0.6) is 0 Å². The fourth-order valence-electron chi connectivity index (χ4n) is 7.02. The molecule has 1 aliphatic rings. The molecule has 0 spiro atoms. The van der Waals surface area contributed by atoms with Gasteiger partial charge in [-0.15, -0.1) is 0 Å². The van der Waals surface area contributed by atoms with Crippen molar-refractivity contribution in [1.29, 1.82) is 0 Å². The van der Waals surface area contributed by atoms with Crippen LogP contribution in [-0.2, 0) is 6.42 Å². The zero-order chi connectivity index (χ0) is 31.3. The van der Waals surface area contributed by atoms with Crippen LogP contribution >= 0.6 is 0 Å². The topological polar surface area (TPSA) is 54.8 Å². The van der Waals surface area contributed by atoms with Crippen LogP contribution in [0.4, 0.5) is 0 Å². The lowest BCUT2D eigenvalue weighted by Crippen LogP contribution is -2.36. The van der Waals surface area contributed by atoms with E-state index in [-0.39, 0.29) is 0 Å². The second kappa shape index (κ2) is 11.1. The third kappa shape index (κ3) is 4.62. The number of para-hydroxylation sites is 2. The Bertz CT molecular complexity index is 2520. The number of fused-ring (bicyclic) bond motifs is 6. The van der Waals surface area contributed by atoms with Crippen LogP contribution in [-0.4, -0.2) is 16.2 Å². The first-order valence-electron chi connectivity index (χ1n) is 16.3. The van der Waals surface area contributed by atoms with Gasteiger partial charge in [-0.1, -0.05) is 116 Å². The van der Waals surface area contributed by atoms with Crippen molar-refractivity contribution in [3.8, 4) is 11.1 Å². The number of hydrogen-bond donors (Lipinski definition) is 1. The van der Waals surface area contributed by atoms with Gasteiger partial charge in [-0.05, 0) is 59.5 Å². The summed E-state index contributed by atoms with van der Waals surface area (Å²) < 4.78 is 8.44. The van der Waals surface area contributed by atoms with Gasteiger partial charge in [0, 0.05) is 32.7 Å². The van der Waals surface area contributed by atoms with Crippen molar-refractivity contribution in [3.05, 3.63) is 156 Å². The predicted molar refractivity (Wildman–Crippen MR) is 194 cm³/mol. The van der Waals surface area contributed by atoms with Crippen molar-refractivity contribution in [3.63, 3.8) is 0 Å². The first kappa shape index (κ1) is 27.4. The molecule has 3 heterocycles. The van der Waals surface area contributed by atoms with Gasteiger partial charge >= 0.3 is 0 Å². The van der Waals surface area contributed by atoms with Crippen LogP contribution in [0.25, 0.3) is 54.9 Å². The molecular weight excluding hydrogens is 576 g/mol. The lowest BCUT2D eigenvalue weighted by atomic mass is 9.96. The maximum absolute atomic E-state index is 6.14. The number of nitrogens with zero attached hydrogens (tertiary/aromatic N) is 3. The van der Waals surface area contributed by atoms with Crippen molar-refractivity contribution >= 4 is 55.4 Å². The number of hydrogen-bond acceptors (Lipinski definition) is 4. The predicted octanol–water partition coefficient (Wildman–Crippen LogP) is 10.3. The molecule has 1 atom stereocenters. The molecular formula is C42H32N4O. The molecule has 9 rings (SSSR count). The summed E-state index contributed by atoms with van der Waals surface area (Å²) >= 11 is 0. The lowest BCUT2D eigenvalue weighted by molar-refractivity contribution is 0.575. The number of benzene rings is 6. The summed E-state index contributed by atoms with van der Waals surface area (Å²) in [5, 5.41) is 8.13. The van der Waals surface area contributed by atoms with Crippen molar-refractivity contribution < 1.29 is 4.42 Å². The van der Waals surface area contributed by atoms with Crippen LogP contribution in [0.2, 0.25) is 0 Å². The summed E-state index contributed by atoms with van der Waals surface area (Å²) in [6.07, 6.45) is 1.62. The van der Waals surface area contributed by atoms with Crippen LogP contribution < -0.4 is 5.32 Å². The van der Waals surface area contributed by atoms with E-state index in [4.69, 9.17) is 14.4 Å². The first-order valence-corrected chi connectivity index (χ1v) is 16.3. The summed E-state index contributed by atoms with van der Waals surface area (Å²) in [6.45, 7) is 2.24. The van der Waals surface area contributed by atoms with Gasteiger partial charge in [-0.25, -0.2) is 9.98 Å². The van der Waals surface area contributed by atoms with Gasteiger partial charge in [0.1, 0.15) is 22.8 Å². The first-order chi connectivity index (χ1) is 23.2. The Kier molecular flexibility index (Phi) is 6.49. The van der Waals surface area contributed by atoms with E-state index in [9.17, 15) is 0 Å². The van der Waals surface area contributed by atoms with Crippen LogP contribution in [0.15, 0.2) is 154 Å². The van der Waals surface area contributed by atoms with E-state index >= 15 is 0 Å². The average molecular weight is 609 g/mol. The largest absolute Gasteiger partial charge is 0.456 e. The van der Waals surface area contributed by atoms with Gasteiger partial charge < -0.3 is 9.73 Å². The molecule has 0 bridgehead atoms. The second-order valence-corrected chi connectivity index (χ2v) is 12.1. The zero-order valence-electron chi connectivity index (χ0n) is 26.0. The number of amidine groups is 2. The Morgan fingerprint density at radius 3 is 2.13 bits per heavy atom. The standard InChI is InChI=1S/C42H32N4O/c1-2-12-27-13-6-7-16-31(27)29-21-23-33-32-17-8-10-19-36(32)46(37(33)26-29)42-44-40(28-14-4-3-5-15-28)43-41(45-42)30-22-24-39-35(25-30)34-18-9-11-20-38(34)47-39/h3-11,13-26,42H,2,12H2,1H3,(H,43,44,45). The molecule has 1 unspecified atom stereocenters. The smallest absolute Gasteiger partial charge is 0.224 e. The minimum atomic E-state index is -0.526. The Labute approximate surface area is 272 Å². The van der Waals surface area contributed by atoms with Crippen molar-refractivity contribution in [2.24, 2.45) is 9.98 Å². The normalized spacial score (nSPS) is 14.9. The summed E-state index contributed by atoms with van der Waals surface area (Å²) in [5.41, 5.74) is 9.78. The maximum atomic E-state index is 6.14. The van der Waals surface area contributed by atoms with Gasteiger partial charge in [0.2, 0.25) is 6.29 Å². The van der Waals surface area contributed by atoms with Crippen LogP contribution in [0.1, 0.15) is 36.3 Å². The highest BCUT2D eigenvalue weighted by atomic mass is 16.3. The molecule has 0 saturated carbocycles. The maximum Gasteiger partial charge on any atom is 0.224 e. The van der Waals surface area contributed by atoms with Gasteiger partial charge in [0.25, 0.3) is 0 Å². The average Bonchev–Trinajstić information content (AvgIpc) is 3.67. The van der Waals surface area contributed by atoms with Gasteiger partial charge in [-0.2, -0.15) is 0 Å². The minimum absolute atomic E-state index is 0.526. The molecule has 2 aromatic heterocycles. The molecule has 226 valence electrons. The fourth-order valence-corrected chi connectivity index (χ4v) is 7.02. The highest BCUT2D eigenvalue weighted by molar-refractivity contribution is 6.18. The molecule has 1 N–H and O–H groups in total. The van der Waals surface area contributed by atoms with E-state index in [1.165, 1.54) is 27.5 Å². The van der Waals surface area contributed by atoms with Crippen LogP contribution in [0.3, 0.4) is 0 Å². The van der Waals surface area contributed by atoms with Gasteiger partial charge in [0.05, 0.1) is 11.0 Å². The van der Waals surface area contributed by atoms with E-state index in [0.29, 0.717) is 0 Å². The zero-order valence-corrected chi connectivity index (χ0v) is 26.0. The van der Waals surface area contributed by atoms with Gasteiger partial charge in [-0.3, -0.25) is 4.57 Å². The molecule has 0 amide bonds. The third-order valence-corrected chi connectivity index (χ3v) is 9.21. The van der Waals surface area contributed by atoms with E-state index in [0.717, 1.165) is 68.6 Å². The quantitative estimate of drug-likeness (QED) is 0.204. The number of aryl methyl sites for hydroxylation is 1. The Morgan fingerprint density at radius 1 is 0.574 bits per heavy atom. The molecule has 1 aliphatic heterocycles. The summed E-state index contributed by atoms with van der Waals surface area (Å²) in [4.78, 5) is 10.6. The molecule has 0 radical (unpaired) electrons. The number of aliphatic imine (C=N–C) groups is 2. The summed E-state index contributed by atoms with van der Waals surface area (Å²) in [6, 6.07) is 49.0. The van der Waals surface area contributed by atoms with Crippen molar-refractivity contribution in [2.75, 3.05) is 0 Å². The molecule has 0 fully saturated rings. The molecule has 0 aliphatic carbocycles. The molecule has 8 aromatic rings. The van der Waals surface area contributed by atoms with Crippen molar-refractivity contribution in [1.82, 2.24) is 9.88 Å². The number of furan rings is 1. The summed E-state index contributed by atoms with van der Waals surface area (Å²) in [7, 11) is 0. The Morgan fingerprint density at radius 2 is 1.26 bits per heavy atom. The van der Waals surface area contributed by atoms with E-state index < -0.39 is 6.29 Å². The van der Waals surface area contributed by atoms with E-state index in [1.54, 1.807) is 0 Å². The molecule has 5 heteroatoms. The molecule has 6 aromatic carbocycles.